The van der Waals surface area contributed by atoms with Crippen molar-refractivity contribution in [2.24, 2.45) is 5.73 Å². The molecule has 3 N–H and O–H groups in total. The van der Waals surface area contributed by atoms with Crippen LogP contribution in [0.3, 0.4) is 0 Å². The van der Waals surface area contributed by atoms with Crippen molar-refractivity contribution in [2.45, 2.75) is 160 Å². The fourth-order valence-electron chi connectivity index (χ4n) is 8.17. The molecule has 0 bridgehead atoms. The van der Waals surface area contributed by atoms with Crippen LogP contribution in [0.4, 0.5) is 4.79 Å². The van der Waals surface area contributed by atoms with Crippen LogP contribution < -0.4 is 11.1 Å². The SMILES string of the molecule is CC(=O)O[C@@H]1[C@H]2OC(C)(C)O[C@H]2O[C@@H]1CN1CCC(C)(N)CC1.CC(=O)O[C@@H]1[C@H]2OC(C)(C)O[C@H]2O[C@@H]1CN1CCC(C)(NC(=O)OCc2ccccc2)CC1. The Morgan fingerprint density at radius 2 is 1.16 bits per heavy atom. The lowest BCUT2D eigenvalue weighted by atomic mass is 9.89. The number of ether oxygens (including phenoxy) is 9. The van der Waals surface area contributed by atoms with Crippen LogP contribution in [-0.2, 0) is 58.8 Å². The largest absolute Gasteiger partial charge is 0.457 e. The van der Waals surface area contributed by atoms with Gasteiger partial charge in [0.1, 0.15) is 18.8 Å². The van der Waals surface area contributed by atoms with E-state index in [-0.39, 0.29) is 47.9 Å². The zero-order valence-electron chi connectivity index (χ0n) is 34.2. The zero-order valence-corrected chi connectivity index (χ0v) is 34.2. The van der Waals surface area contributed by atoms with E-state index in [1.54, 1.807) is 0 Å². The highest BCUT2D eigenvalue weighted by Gasteiger charge is 2.58. The molecule has 6 aliphatic heterocycles. The molecular weight excluding hydrogens is 728 g/mol. The summed E-state index contributed by atoms with van der Waals surface area (Å²) in [6.07, 6.45) is -0.359. The summed E-state index contributed by atoms with van der Waals surface area (Å²) in [5, 5.41) is 3.03. The van der Waals surface area contributed by atoms with Crippen molar-refractivity contribution in [1.29, 1.82) is 0 Å². The van der Waals surface area contributed by atoms with Crippen molar-refractivity contribution in [1.82, 2.24) is 15.1 Å². The molecule has 7 rings (SSSR count). The Morgan fingerprint density at radius 1 is 0.714 bits per heavy atom. The highest BCUT2D eigenvalue weighted by Crippen LogP contribution is 2.41. The molecule has 6 fully saturated rings. The molecule has 0 spiro atoms. The summed E-state index contributed by atoms with van der Waals surface area (Å²) in [7, 11) is 0. The minimum atomic E-state index is -0.771. The van der Waals surface area contributed by atoms with E-state index in [4.69, 9.17) is 48.4 Å². The van der Waals surface area contributed by atoms with Gasteiger partial charge in [-0.05, 0) is 85.9 Å². The smallest absolute Gasteiger partial charge is 0.407 e. The Morgan fingerprint density at radius 3 is 1.61 bits per heavy atom. The summed E-state index contributed by atoms with van der Waals surface area (Å²) in [6, 6.07) is 9.61. The summed E-state index contributed by atoms with van der Waals surface area (Å²) >= 11 is 0. The lowest BCUT2D eigenvalue weighted by molar-refractivity contribution is -0.220. The van der Waals surface area contributed by atoms with Gasteiger partial charge in [-0.25, -0.2) is 4.79 Å². The lowest BCUT2D eigenvalue weighted by Crippen LogP contribution is -2.55. The van der Waals surface area contributed by atoms with Crippen LogP contribution in [0.5, 0.6) is 0 Å². The molecule has 0 saturated carbocycles. The van der Waals surface area contributed by atoms with Crippen molar-refractivity contribution < 1.29 is 57.0 Å². The maximum absolute atomic E-state index is 12.3. The Hall–Kier alpha value is -2.93. The molecule has 0 aliphatic carbocycles. The minimum Gasteiger partial charge on any atom is -0.457 e. The van der Waals surface area contributed by atoms with Crippen LogP contribution >= 0.6 is 0 Å². The van der Waals surface area contributed by atoms with Gasteiger partial charge in [0.15, 0.2) is 48.6 Å². The third-order valence-electron chi connectivity index (χ3n) is 11.2. The molecule has 6 heterocycles. The number of carbonyl (C=O) groups is 3. The number of nitrogens with two attached hydrogens (primary N) is 1. The van der Waals surface area contributed by atoms with Gasteiger partial charge in [0.25, 0.3) is 0 Å². The second-order valence-electron chi connectivity index (χ2n) is 17.4. The third-order valence-corrected chi connectivity index (χ3v) is 11.2. The van der Waals surface area contributed by atoms with Crippen LogP contribution in [-0.4, -0.2) is 139 Å². The van der Waals surface area contributed by atoms with Gasteiger partial charge in [-0.3, -0.25) is 9.59 Å². The number of benzene rings is 1. The first-order valence-electron chi connectivity index (χ1n) is 19.9. The van der Waals surface area contributed by atoms with Crippen LogP contribution in [0.15, 0.2) is 30.3 Å². The number of amides is 1. The number of likely N-dealkylation sites (tertiary alicyclic amines) is 2. The molecule has 0 radical (unpaired) electrons. The highest BCUT2D eigenvalue weighted by molar-refractivity contribution is 5.68. The first-order valence-corrected chi connectivity index (χ1v) is 19.9. The van der Waals surface area contributed by atoms with E-state index in [1.807, 2.05) is 65.0 Å². The molecule has 56 heavy (non-hydrogen) atoms. The van der Waals surface area contributed by atoms with Gasteiger partial charge in [-0.15, -0.1) is 0 Å². The van der Waals surface area contributed by atoms with Crippen LogP contribution in [0.25, 0.3) is 0 Å². The number of hydrogen-bond acceptors (Lipinski definition) is 15. The average molecular weight is 791 g/mol. The van der Waals surface area contributed by atoms with E-state index < -0.39 is 48.6 Å². The minimum absolute atomic E-state index is 0.0882. The normalized spacial score (nSPS) is 34.0. The first kappa shape index (κ1) is 42.7. The van der Waals surface area contributed by atoms with Crippen molar-refractivity contribution in [3.8, 4) is 0 Å². The van der Waals surface area contributed by atoms with Gasteiger partial charge in [0, 0.05) is 51.1 Å². The second-order valence-corrected chi connectivity index (χ2v) is 17.4. The molecule has 1 aromatic carbocycles. The number of alkyl carbamates (subject to hydrolysis) is 1. The fourth-order valence-corrected chi connectivity index (χ4v) is 8.17. The van der Waals surface area contributed by atoms with E-state index in [2.05, 4.69) is 22.0 Å². The Bertz CT molecular complexity index is 1510. The molecular formula is C40H62N4O12. The number of carbonyl (C=O) groups excluding carboxylic acids is 3. The molecule has 6 aliphatic rings. The van der Waals surface area contributed by atoms with E-state index in [0.29, 0.717) is 13.1 Å². The van der Waals surface area contributed by atoms with Gasteiger partial charge in [0.2, 0.25) is 0 Å². The Kier molecular flexibility index (Phi) is 13.0. The third kappa shape index (κ3) is 11.2. The van der Waals surface area contributed by atoms with Gasteiger partial charge >= 0.3 is 18.0 Å². The number of fused-ring (bicyclic) bond motifs is 2. The maximum Gasteiger partial charge on any atom is 0.407 e. The van der Waals surface area contributed by atoms with Crippen molar-refractivity contribution in [3.63, 3.8) is 0 Å². The number of hydrogen-bond donors (Lipinski definition) is 2. The average Bonchev–Trinajstić information content (AvgIpc) is 3.77. The topological polar surface area (TPSA) is 179 Å². The highest BCUT2D eigenvalue weighted by atomic mass is 16.9. The van der Waals surface area contributed by atoms with Crippen LogP contribution in [0.1, 0.15) is 86.6 Å². The van der Waals surface area contributed by atoms with Crippen molar-refractivity contribution in [2.75, 3.05) is 39.3 Å². The number of piperidine rings is 2. The standard InChI is InChI=1S/C24H34N2O7.C16H28N2O5/c1-16(27)30-19-18(31-21-20(19)32-23(2,3)33-21)14-26-12-10-24(4,11-13-26)25-22(28)29-15-17-8-6-5-7-9-17;1-10(19)20-12-11(9-18-7-5-16(4,17)6-8-18)21-14-13(12)22-15(2,3)23-14/h5-9,18-21H,10-15H2,1-4H3,(H,25,28);11-14H,5-9,17H2,1-4H3/t18-,19+,20-,21-;11-,12+,13-,14-/m11/s1. The van der Waals surface area contributed by atoms with Gasteiger partial charge in [-0.1, -0.05) is 30.3 Å². The number of esters is 2. The molecule has 0 unspecified atom stereocenters. The predicted molar refractivity (Wildman–Crippen MR) is 201 cm³/mol. The monoisotopic (exact) mass is 790 g/mol. The summed E-state index contributed by atoms with van der Waals surface area (Å²) in [4.78, 5) is 40.0. The summed E-state index contributed by atoms with van der Waals surface area (Å²) < 4.78 is 51.9. The van der Waals surface area contributed by atoms with E-state index in [9.17, 15) is 14.4 Å². The van der Waals surface area contributed by atoms with E-state index in [0.717, 1.165) is 57.4 Å². The van der Waals surface area contributed by atoms with Crippen molar-refractivity contribution >= 4 is 18.0 Å². The molecule has 314 valence electrons. The van der Waals surface area contributed by atoms with Crippen molar-refractivity contribution in [3.05, 3.63) is 35.9 Å². The molecule has 0 aromatic heterocycles. The molecule has 16 heteroatoms. The fraction of sp³-hybridized carbons (Fsp3) is 0.775. The Labute approximate surface area is 330 Å². The molecule has 8 atom stereocenters. The molecule has 6 saturated heterocycles. The number of nitrogens with zero attached hydrogens (tertiary/aromatic N) is 2. The van der Waals surface area contributed by atoms with Gasteiger partial charge < -0.3 is 63.5 Å². The van der Waals surface area contributed by atoms with Crippen LogP contribution in [0, 0.1) is 0 Å². The van der Waals surface area contributed by atoms with E-state index in [1.165, 1.54) is 13.8 Å². The predicted octanol–water partition coefficient (Wildman–Crippen LogP) is 3.18. The second kappa shape index (κ2) is 17.1. The summed E-state index contributed by atoms with van der Waals surface area (Å²) in [6.45, 7) is 19.1. The number of nitrogens with one attached hydrogen (secondary N) is 1. The molecule has 1 amide bonds. The summed E-state index contributed by atoms with van der Waals surface area (Å²) in [5.74, 6) is -2.19. The maximum atomic E-state index is 12.3. The van der Waals surface area contributed by atoms with Gasteiger partial charge in [-0.2, -0.15) is 0 Å². The quantitative estimate of drug-likeness (QED) is 0.275. The van der Waals surface area contributed by atoms with E-state index >= 15 is 0 Å². The lowest BCUT2D eigenvalue weighted by Gasteiger charge is -2.40. The first-order chi connectivity index (χ1) is 26.3. The zero-order chi connectivity index (χ0) is 40.5. The van der Waals surface area contributed by atoms with Gasteiger partial charge in [0.05, 0.1) is 0 Å². The molecule has 16 nitrogen and oxygen atoms in total. The number of rotatable bonds is 9. The molecule has 1 aromatic rings. The van der Waals surface area contributed by atoms with Crippen LogP contribution in [0.2, 0.25) is 0 Å². The summed E-state index contributed by atoms with van der Waals surface area (Å²) in [5.41, 5.74) is 6.70. The Balaban J connectivity index is 0.000000202.